The zero-order valence-electron chi connectivity index (χ0n) is 13.9. The van der Waals surface area contributed by atoms with Crippen molar-refractivity contribution in [3.63, 3.8) is 0 Å². The average Bonchev–Trinajstić information content (AvgIpc) is 2.52. The number of aromatic nitrogens is 2. The summed E-state index contributed by atoms with van der Waals surface area (Å²) in [4.78, 5) is 9.03. The smallest absolute Gasteiger partial charge is 0.229 e. The Kier molecular flexibility index (Phi) is 4.67. The van der Waals surface area contributed by atoms with Crippen molar-refractivity contribution in [1.29, 1.82) is 0 Å². The highest BCUT2D eigenvalue weighted by atomic mass is 35.5. The van der Waals surface area contributed by atoms with E-state index in [0.717, 1.165) is 39.0 Å². The monoisotopic (exact) mass is 338 g/mol. The second-order valence-corrected chi connectivity index (χ2v) is 6.18. The molecular formula is C19H19ClN4. The van der Waals surface area contributed by atoms with Crippen LogP contribution in [-0.4, -0.2) is 9.97 Å². The molecule has 2 aromatic carbocycles. The summed E-state index contributed by atoms with van der Waals surface area (Å²) >= 11 is 6.01. The first-order valence-corrected chi connectivity index (χ1v) is 8.10. The third kappa shape index (κ3) is 3.84. The van der Waals surface area contributed by atoms with Gasteiger partial charge in [0.2, 0.25) is 5.95 Å². The summed E-state index contributed by atoms with van der Waals surface area (Å²) in [5, 5.41) is 7.33. The highest BCUT2D eigenvalue weighted by Crippen LogP contribution is 2.24. The van der Waals surface area contributed by atoms with Crippen LogP contribution in [0.5, 0.6) is 0 Å². The molecule has 1 aromatic heterocycles. The van der Waals surface area contributed by atoms with Crippen LogP contribution in [0.1, 0.15) is 16.8 Å². The van der Waals surface area contributed by atoms with Gasteiger partial charge in [-0.1, -0.05) is 29.8 Å². The van der Waals surface area contributed by atoms with Crippen LogP contribution < -0.4 is 10.6 Å². The molecule has 0 saturated heterocycles. The molecule has 5 heteroatoms. The molecule has 0 aliphatic heterocycles. The SMILES string of the molecule is Cc1cc(Nc2ccc(Cl)cc2C)nc(Nc2ccccc2C)n1. The van der Waals surface area contributed by atoms with Crippen molar-refractivity contribution in [2.24, 2.45) is 0 Å². The van der Waals surface area contributed by atoms with Crippen LogP contribution in [-0.2, 0) is 0 Å². The lowest BCUT2D eigenvalue weighted by molar-refractivity contribution is 1.10. The number of rotatable bonds is 4. The standard InChI is InChI=1S/C19H19ClN4/c1-12-6-4-5-7-16(12)23-19-21-14(3)11-18(24-19)22-17-9-8-15(20)10-13(17)2/h4-11H,1-3H3,(H2,21,22,23,24). The van der Waals surface area contributed by atoms with Crippen molar-refractivity contribution in [3.05, 3.63) is 70.4 Å². The van der Waals surface area contributed by atoms with Crippen molar-refractivity contribution >= 4 is 34.7 Å². The lowest BCUT2D eigenvalue weighted by Crippen LogP contribution is -2.03. The molecular weight excluding hydrogens is 320 g/mol. The van der Waals surface area contributed by atoms with Crippen LogP contribution in [0.4, 0.5) is 23.1 Å². The molecule has 0 fully saturated rings. The summed E-state index contributed by atoms with van der Waals surface area (Å²) in [5.41, 5.74) is 5.06. The Morgan fingerprint density at radius 2 is 1.54 bits per heavy atom. The van der Waals surface area contributed by atoms with Gasteiger partial charge in [0.1, 0.15) is 5.82 Å². The van der Waals surface area contributed by atoms with Crippen LogP contribution in [0.2, 0.25) is 5.02 Å². The minimum absolute atomic E-state index is 0.568. The van der Waals surface area contributed by atoms with Gasteiger partial charge in [-0.05, 0) is 56.2 Å². The molecule has 0 aliphatic carbocycles. The van der Waals surface area contributed by atoms with Gasteiger partial charge in [-0.3, -0.25) is 0 Å². The van der Waals surface area contributed by atoms with Crippen molar-refractivity contribution < 1.29 is 0 Å². The Labute approximate surface area is 146 Å². The van der Waals surface area contributed by atoms with E-state index in [9.17, 15) is 0 Å². The van der Waals surface area contributed by atoms with Crippen LogP contribution in [0.15, 0.2) is 48.5 Å². The third-order valence-corrected chi connectivity index (χ3v) is 3.93. The van der Waals surface area contributed by atoms with Crippen molar-refractivity contribution in [1.82, 2.24) is 9.97 Å². The molecule has 1 heterocycles. The number of aryl methyl sites for hydroxylation is 3. The Balaban J connectivity index is 1.87. The van der Waals surface area contributed by atoms with E-state index in [1.54, 1.807) is 0 Å². The number of para-hydroxylation sites is 1. The first kappa shape index (κ1) is 16.3. The number of anilines is 4. The van der Waals surface area contributed by atoms with Gasteiger partial charge in [0, 0.05) is 28.2 Å². The lowest BCUT2D eigenvalue weighted by atomic mass is 10.2. The maximum Gasteiger partial charge on any atom is 0.229 e. The maximum atomic E-state index is 6.01. The summed E-state index contributed by atoms with van der Waals surface area (Å²) in [7, 11) is 0. The van der Waals surface area contributed by atoms with E-state index in [4.69, 9.17) is 11.6 Å². The summed E-state index contributed by atoms with van der Waals surface area (Å²) in [6.07, 6.45) is 0. The minimum Gasteiger partial charge on any atom is -0.340 e. The molecule has 0 aliphatic rings. The molecule has 0 radical (unpaired) electrons. The Morgan fingerprint density at radius 1 is 0.792 bits per heavy atom. The van der Waals surface area contributed by atoms with E-state index < -0.39 is 0 Å². The first-order chi connectivity index (χ1) is 11.5. The molecule has 0 unspecified atom stereocenters. The van der Waals surface area contributed by atoms with Gasteiger partial charge < -0.3 is 10.6 Å². The maximum absolute atomic E-state index is 6.01. The molecule has 0 bridgehead atoms. The van der Waals surface area contributed by atoms with Crippen LogP contribution in [0, 0.1) is 20.8 Å². The number of nitrogens with one attached hydrogen (secondary N) is 2. The Bertz CT molecular complexity index is 877. The molecule has 2 N–H and O–H groups in total. The first-order valence-electron chi connectivity index (χ1n) is 7.73. The molecule has 0 saturated carbocycles. The van der Waals surface area contributed by atoms with E-state index in [2.05, 4.69) is 20.6 Å². The number of hydrogen-bond acceptors (Lipinski definition) is 4. The average molecular weight is 339 g/mol. The number of halogens is 1. The summed E-state index contributed by atoms with van der Waals surface area (Å²) < 4.78 is 0. The second kappa shape index (κ2) is 6.89. The fraction of sp³-hybridized carbons (Fsp3) is 0.158. The fourth-order valence-electron chi connectivity index (χ4n) is 2.43. The highest BCUT2D eigenvalue weighted by Gasteiger charge is 2.06. The molecule has 4 nitrogen and oxygen atoms in total. The van der Waals surface area contributed by atoms with Gasteiger partial charge in [0.15, 0.2) is 0 Å². The van der Waals surface area contributed by atoms with E-state index in [0.29, 0.717) is 5.95 Å². The normalized spacial score (nSPS) is 10.5. The number of nitrogens with zero attached hydrogens (tertiary/aromatic N) is 2. The van der Waals surface area contributed by atoms with E-state index in [1.165, 1.54) is 0 Å². The minimum atomic E-state index is 0.568. The molecule has 122 valence electrons. The molecule has 3 aromatic rings. The van der Waals surface area contributed by atoms with Gasteiger partial charge >= 0.3 is 0 Å². The summed E-state index contributed by atoms with van der Waals surface area (Å²) in [5.74, 6) is 1.31. The van der Waals surface area contributed by atoms with E-state index in [1.807, 2.05) is 69.3 Å². The molecule has 3 rings (SSSR count). The number of benzene rings is 2. The predicted octanol–water partition coefficient (Wildman–Crippen LogP) is 5.54. The fourth-order valence-corrected chi connectivity index (χ4v) is 2.65. The predicted molar refractivity (Wildman–Crippen MR) is 101 cm³/mol. The van der Waals surface area contributed by atoms with Crippen molar-refractivity contribution in [3.8, 4) is 0 Å². The number of hydrogen-bond donors (Lipinski definition) is 2. The van der Waals surface area contributed by atoms with Gasteiger partial charge in [-0.2, -0.15) is 4.98 Å². The van der Waals surface area contributed by atoms with Gasteiger partial charge in [0.05, 0.1) is 0 Å². The van der Waals surface area contributed by atoms with E-state index >= 15 is 0 Å². The molecule has 0 spiro atoms. The molecule has 24 heavy (non-hydrogen) atoms. The van der Waals surface area contributed by atoms with Crippen molar-refractivity contribution in [2.75, 3.05) is 10.6 Å². The topological polar surface area (TPSA) is 49.8 Å². The largest absolute Gasteiger partial charge is 0.340 e. The van der Waals surface area contributed by atoms with Gasteiger partial charge in [-0.25, -0.2) is 4.98 Å². The third-order valence-electron chi connectivity index (χ3n) is 3.70. The van der Waals surface area contributed by atoms with Crippen LogP contribution >= 0.6 is 11.6 Å². The van der Waals surface area contributed by atoms with Crippen LogP contribution in [0.3, 0.4) is 0 Å². The highest BCUT2D eigenvalue weighted by molar-refractivity contribution is 6.30. The molecule has 0 amide bonds. The summed E-state index contributed by atoms with van der Waals surface area (Å²) in [6, 6.07) is 15.7. The zero-order chi connectivity index (χ0) is 17.1. The summed E-state index contributed by atoms with van der Waals surface area (Å²) in [6.45, 7) is 6.01. The van der Waals surface area contributed by atoms with E-state index in [-0.39, 0.29) is 0 Å². The van der Waals surface area contributed by atoms with Crippen LogP contribution in [0.25, 0.3) is 0 Å². The quantitative estimate of drug-likeness (QED) is 0.655. The Morgan fingerprint density at radius 3 is 2.29 bits per heavy atom. The van der Waals surface area contributed by atoms with Gasteiger partial charge in [0.25, 0.3) is 0 Å². The Hall–Kier alpha value is -2.59. The lowest BCUT2D eigenvalue weighted by Gasteiger charge is -2.12. The second-order valence-electron chi connectivity index (χ2n) is 5.74. The zero-order valence-corrected chi connectivity index (χ0v) is 14.6. The molecule has 0 atom stereocenters. The van der Waals surface area contributed by atoms with Gasteiger partial charge in [-0.15, -0.1) is 0 Å². The van der Waals surface area contributed by atoms with Crippen molar-refractivity contribution in [2.45, 2.75) is 20.8 Å².